The molecule has 104 valence electrons. The predicted molar refractivity (Wildman–Crippen MR) is 77.9 cm³/mol. The Labute approximate surface area is 117 Å². The van der Waals surface area contributed by atoms with Gasteiger partial charge in [0, 0.05) is 22.7 Å². The molecule has 1 heterocycles. The van der Waals surface area contributed by atoms with Crippen LogP contribution in [0.2, 0.25) is 0 Å². The first kappa shape index (κ1) is 12.8. The number of fused-ring (bicyclic) bond motifs is 1. The zero-order valence-corrected chi connectivity index (χ0v) is 11.6. The van der Waals surface area contributed by atoms with E-state index in [9.17, 15) is 4.79 Å². The minimum absolute atomic E-state index is 0.370. The Morgan fingerprint density at radius 1 is 1.45 bits per heavy atom. The largest absolute Gasteiger partial charge is 0.495 e. The number of aryl methyl sites for hydroxylation is 1. The van der Waals surface area contributed by atoms with E-state index in [-0.39, 0.29) is 0 Å². The van der Waals surface area contributed by atoms with E-state index in [0.717, 1.165) is 46.3 Å². The molecule has 1 aliphatic rings. The molecule has 0 atom stereocenters. The lowest BCUT2D eigenvalue weighted by molar-refractivity contribution is -0.131. The van der Waals surface area contributed by atoms with Crippen molar-refractivity contribution in [1.29, 1.82) is 0 Å². The number of aromatic amines is 1. The number of carboxylic acids is 1. The molecule has 1 saturated carbocycles. The molecule has 3 rings (SSSR count). The fraction of sp³-hybridized carbons (Fsp3) is 0.312. The molecule has 1 aromatic carbocycles. The number of para-hydroxylation sites is 1. The molecule has 0 aliphatic heterocycles. The quantitative estimate of drug-likeness (QED) is 0.838. The second kappa shape index (κ2) is 4.71. The molecule has 0 amide bonds. The first-order valence-electron chi connectivity index (χ1n) is 6.72. The molecule has 0 bridgehead atoms. The zero-order valence-electron chi connectivity index (χ0n) is 11.6. The van der Waals surface area contributed by atoms with Crippen LogP contribution in [0.4, 0.5) is 0 Å². The van der Waals surface area contributed by atoms with Gasteiger partial charge in [0.15, 0.2) is 0 Å². The van der Waals surface area contributed by atoms with Crippen molar-refractivity contribution in [2.75, 3.05) is 7.11 Å². The summed E-state index contributed by atoms with van der Waals surface area (Å²) in [5, 5.41) is 10.1. The Hall–Kier alpha value is -2.23. The second-order valence-corrected chi connectivity index (χ2v) is 5.22. The number of aromatic nitrogens is 1. The van der Waals surface area contributed by atoms with Crippen LogP contribution in [0.3, 0.4) is 0 Å². The lowest BCUT2D eigenvalue weighted by Gasteiger charge is -2.06. The summed E-state index contributed by atoms with van der Waals surface area (Å²) in [5.41, 5.74) is 3.86. The first-order valence-corrected chi connectivity index (χ1v) is 6.72. The van der Waals surface area contributed by atoms with Gasteiger partial charge in [-0.15, -0.1) is 0 Å². The van der Waals surface area contributed by atoms with Gasteiger partial charge in [-0.05, 0) is 37.3 Å². The van der Waals surface area contributed by atoms with Crippen LogP contribution in [0, 0.1) is 12.8 Å². The van der Waals surface area contributed by atoms with E-state index in [1.807, 2.05) is 25.1 Å². The van der Waals surface area contributed by atoms with E-state index in [2.05, 4.69) is 4.98 Å². The number of benzene rings is 1. The van der Waals surface area contributed by atoms with Crippen LogP contribution in [0.5, 0.6) is 5.75 Å². The standard InChI is InChI=1S/C16H17NO3/c1-9-15(12(8-14(18)19)10-6-7-10)11-4-3-5-13(20-2)16(11)17-9/h3-5,8,10,17H,6-7H2,1-2H3,(H,18,19)/b12-8+. The normalized spacial score (nSPS) is 15.6. The average Bonchev–Trinajstić information content (AvgIpc) is 3.18. The number of aliphatic carboxylic acids is 1. The van der Waals surface area contributed by atoms with Gasteiger partial charge in [0.05, 0.1) is 12.6 Å². The predicted octanol–water partition coefficient (Wildman–Crippen LogP) is 3.36. The van der Waals surface area contributed by atoms with E-state index in [4.69, 9.17) is 9.84 Å². The van der Waals surface area contributed by atoms with Gasteiger partial charge >= 0.3 is 5.97 Å². The minimum Gasteiger partial charge on any atom is -0.495 e. The number of methoxy groups -OCH3 is 1. The van der Waals surface area contributed by atoms with E-state index in [1.54, 1.807) is 7.11 Å². The molecule has 1 aromatic heterocycles. The molecule has 2 N–H and O–H groups in total. The number of hydrogen-bond donors (Lipinski definition) is 2. The lowest BCUT2D eigenvalue weighted by atomic mass is 9.97. The Bertz CT molecular complexity index is 708. The van der Waals surface area contributed by atoms with Crippen molar-refractivity contribution in [2.24, 2.45) is 5.92 Å². The van der Waals surface area contributed by atoms with Crippen LogP contribution in [0.25, 0.3) is 16.5 Å². The van der Waals surface area contributed by atoms with Gasteiger partial charge < -0.3 is 14.8 Å². The van der Waals surface area contributed by atoms with Crippen molar-refractivity contribution >= 4 is 22.4 Å². The summed E-state index contributed by atoms with van der Waals surface area (Å²) in [5.74, 6) is 0.265. The van der Waals surface area contributed by atoms with E-state index in [1.165, 1.54) is 6.08 Å². The Morgan fingerprint density at radius 2 is 2.20 bits per heavy atom. The Kier molecular flexibility index (Phi) is 3.01. The van der Waals surface area contributed by atoms with Gasteiger partial charge in [-0.1, -0.05) is 12.1 Å². The third-order valence-corrected chi connectivity index (χ3v) is 3.79. The van der Waals surface area contributed by atoms with Gasteiger partial charge in [-0.2, -0.15) is 0 Å². The number of allylic oxidation sites excluding steroid dienone is 1. The fourth-order valence-electron chi connectivity index (χ4n) is 2.78. The zero-order chi connectivity index (χ0) is 14.3. The molecular weight excluding hydrogens is 254 g/mol. The molecular formula is C16H17NO3. The van der Waals surface area contributed by atoms with Gasteiger partial charge in [0.25, 0.3) is 0 Å². The molecule has 2 aromatic rings. The Morgan fingerprint density at radius 3 is 2.80 bits per heavy atom. The number of rotatable bonds is 4. The van der Waals surface area contributed by atoms with E-state index >= 15 is 0 Å². The summed E-state index contributed by atoms with van der Waals surface area (Å²) >= 11 is 0. The number of carboxylic acid groups (broad SMARTS) is 1. The van der Waals surface area contributed by atoms with Crippen molar-refractivity contribution < 1.29 is 14.6 Å². The molecule has 4 heteroatoms. The first-order chi connectivity index (χ1) is 9.61. The monoisotopic (exact) mass is 271 g/mol. The maximum Gasteiger partial charge on any atom is 0.328 e. The van der Waals surface area contributed by atoms with Crippen molar-refractivity contribution in [1.82, 2.24) is 4.98 Å². The van der Waals surface area contributed by atoms with Crippen LogP contribution in [0.15, 0.2) is 24.3 Å². The third-order valence-electron chi connectivity index (χ3n) is 3.79. The molecule has 0 spiro atoms. The SMILES string of the molecule is COc1cccc2c(/C(=C/C(=O)O)C3CC3)c(C)[nH]c12. The highest BCUT2D eigenvalue weighted by Gasteiger charge is 2.30. The molecule has 1 fully saturated rings. The second-order valence-electron chi connectivity index (χ2n) is 5.22. The highest BCUT2D eigenvalue weighted by atomic mass is 16.5. The highest BCUT2D eigenvalue weighted by molar-refractivity contribution is 6.01. The number of hydrogen-bond acceptors (Lipinski definition) is 2. The summed E-state index contributed by atoms with van der Waals surface area (Å²) in [6.07, 6.45) is 3.48. The van der Waals surface area contributed by atoms with Crippen LogP contribution in [-0.2, 0) is 4.79 Å². The smallest absolute Gasteiger partial charge is 0.328 e. The van der Waals surface area contributed by atoms with Gasteiger partial charge in [0.2, 0.25) is 0 Å². The molecule has 0 radical (unpaired) electrons. The third kappa shape index (κ3) is 2.07. The average molecular weight is 271 g/mol. The summed E-state index contributed by atoms with van der Waals surface area (Å²) in [6, 6.07) is 5.84. The number of carbonyl (C=O) groups is 1. The molecule has 1 aliphatic carbocycles. The molecule has 0 saturated heterocycles. The fourth-order valence-corrected chi connectivity index (χ4v) is 2.78. The number of H-pyrrole nitrogens is 1. The topological polar surface area (TPSA) is 62.3 Å². The van der Waals surface area contributed by atoms with Crippen LogP contribution >= 0.6 is 0 Å². The number of nitrogens with one attached hydrogen (secondary N) is 1. The highest BCUT2D eigenvalue weighted by Crippen LogP contribution is 2.45. The summed E-state index contributed by atoms with van der Waals surface area (Å²) in [4.78, 5) is 14.4. The molecule has 20 heavy (non-hydrogen) atoms. The summed E-state index contributed by atoms with van der Waals surface area (Å²) in [6.45, 7) is 1.98. The molecule has 4 nitrogen and oxygen atoms in total. The van der Waals surface area contributed by atoms with Crippen LogP contribution in [-0.4, -0.2) is 23.2 Å². The maximum atomic E-state index is 11.1. The van der Waals surface area contributed by atoms with Crippen molar-refractivity contribution in [3.63, 3.8) is 0 Å². The Balaban J connectivity index is 2.25. The lowest BCUT2D eigenvalue weighted by Crippen LogP contribution is -1.95. The van der Waals surface area contributed by atoms with E-state index < -0.39 is 5.97 Å². The van der Waals surface area contributed by atoms with Gasteiger partial charge in [-0.25, -0.2) is 4.79 Å². The summed E-state index contributed by atoms with van der Waals surface area (Å²) < 4.78 is 5.37. The minimum atomic E-state index is -0.886. The van der Waals surface area contributed by atoms with Crippen LogP contribution < -0.4 is 4.74 Å². The summed E-state index contributed by atoms with van der Waals surface area (Å²) in [7, 11) is 1.64. The molecule has 0 unspecified atom stereocenters. The van der Waals surface area contributed by atoms with Crippen molar-refractivity contribution in [3.05, 3.63) is 35.5 Å². The van der Waals surface area contributed by atoms with Crippen molar-refractivity contribution in [2.45, 2.75) is 19.8 Å². The maximum absolute atomic E-state index is 11.1. The number of ether oxygens (including phenoxy) is 1. The van der Waals surface area contributed by atoms with Crippen molar-refractivity contribution in [3.8, 4) is 5.75 Å². The van der Waals surface area contributed by atoms with E-state index in [0.29, 0.717) is 5.92 Å². The van der Waals surface area contributed by atoms with Crippen LogP contribution in [0.1, 0.15) is 24.1 Å². The van der Waals surface area contributed by atoms with Gasteiger partial charge in [0.1, 0.15) is 5.75 Å². The van der Waals surface area contributed by atoms with Gasteiger partial charge in [-0.3, -0.25) is 0 Å².